The molecule has 5 rings (SSSR count). The summed E-state index contributed by atoms with van der Waals surface area (Å²) in [6, 6.07) is 22.2. The van der Waals surface area contributed by atoms with Gasteiger partial charge in [-0.2, -0.15) is 5.26 Å². The Balaban J connectivity index is 1.40. The zero-order valence-electron chi connectivity index (χ0n) is 26.8. The highest BCUT2D eigenvalue weighted by molar-refractivity contribution is 5.97. The monoisotopic (exact) mass is 623 g/mol. The first-order valence-corrected chi connectivity index (χ1v) is 15.5. The molecule has 3 aromatic carbocycles. The van der Waals surface area contributed by atoms with Gasteiger partial charge in [-0.3, -0.25) is 4.90 Å². The van der Waals surface area contributed by atoms with E-state index in [9.17, 15) is 14.9 Å². The number of methoxy groups -OCH3 is 1. The van der Waals surface area contributed by atoms with Crippen molar-refractivity contribution in [3.05, 3.63) is 89.6 Å². The molecule has 0 saturated carbocycles. The SMILES string of the molecule is COC(=O)c1cc(-c2ccc(CN3CCOCC3)cc2)ccc1NC(C#N)[C@H](Cc1c[nH]c2ccccc12)NC(=O)OC(C)(C)C. The summed E-state index contributed by atoms with van der Waals surface area (Å²) in [6.07, 6.45) is 1.57. The van der Waals surface area contributed by atoms with Gasteiger partial charge in [0, 0.05) is 42.4 Å². The first-order valence-electron chi connectivity index (χ1n) is 15.5. The molecule has 1 amide bonds. The molecule has 2 atom stereocenters. The highest BCUT2D eigenvalue weighted by atomic mass is 16.6. The Bertz CT molecular complexity index is 1700. The number of alkyl carbamates (subject to hydrolysis) is 1. The van der Waals surface area contributed by atoms with Crippen LogP contribution < -0.4 is 10.6 Å². The molecule has 0 spiro atoms. The fourth-order valence-electron chi connectivity index (χ4n) is 5.59. The third-order valence-electron chi connectivity index (χ3n) is 7.89. The summed E-state index contributed by atoms with van der Waals surface area (Å²) in [6.45, 7) is 9.53. The van der Waals surface area contributed by atoms with E-state index in [0.29, 0.717) is 12.1 Å². The van der Waals surface area contributed by atoms with Gasteiger partial charge in [-0.1, -0.05) is 48.5 Å². The molecule has 2 heterocycles. The van der Waals surface area contributed by atoms with Crippen molar-refractivity contribution >= 4 is 28.7 Å². The number of carbonyl (C=O) groups is 2. The Morgan fingerprint density at radius 2 is 1.76 bits per heavy atom. The maximum Gasteiger partial charge on any atom is 0.407 e. The maximum atomic E-state index is 13.0. The molecule has 0 bridgehead atoms. The van der Waals surface area contributed by atoms with Gasteiger partial charge in [-0.25, -0.2) is 9.59 Å². The standard InChI is InChI=1S/C36H41N5O5/c1-36(2,3)46-35(43)40-32(20-27-22-38-30-8-6-5-7-28(27)30)33(21-37)39-31-14-13-26(19-29(31)34(42)44-4)25-11-9-24(10-12-25)23-41-15-17-45-18-16-41/h5-14,19,22,32-33,38-39H,15-18,20,23H2,1-4H3,(H,40,43)/t32-,33?/m0/s1. The second-order valence-electron chi connectivity index (χ2n) is 12.4. The second kappa shape index (κ2) is 14.5. The van der Waals surface area contributed by atoms with Crippen LogP contribution in [0.3, 0.4) is 0 Å². The average Bonchev–Trinajstić information content (AvgIpc) is 3.45. The van der Waals surface area contributed by atoms with Crippen LogP contribution in [0.4, 0.5) is 10.5 Å². The number of anilines is 1. The highest BCUT2D eigenvalue weighted by Crippen LogP contribution is 2.28. The Hall–Kier alpha value is -4.85. The highest BCUT2D eigenvalue weighted by Gasteiger charge is 2.29. The third-order valence-corrected chi connectivity index (χ3v) is 7.89. The number of aromatic nitrogens is 1. The maximum absolute atomic E-state index is 13.0. The van der Waals surface area contributed by atoms with Crippen LogP contribution in [0, 0.1) is 11.3 Å². The van der Waals surface area contributed by atoms with E-state index in [2.05, 4.69) is 38.7 Å². The fraction of sp³-hybridized carbons (Fsp3) is 0.361. The van der Waals surface area contributed by atoms with Crippen LogP contribution in [0.5, 0.6) is 0 Å². The van der Waals surface area contributed by atoms with E-state index in [0.717, 1.165) is 60.4 Å². The average molecular weight is 624 g/mol. The van der Waals surface area contributed by atoms with Crippen molar-refractivity contribution in [2.75, 3.05) is 38.7 Å². The summed E-state index contributed by atoms with van der Waals surface area (Å²) < 4.78 is 16.1. The number of benzene rings is 3. The number of H-pyrrole nitrogens is 1. The quantitative estimate of drug-likeness (QED) is 0.187. The molecule has 0 radical (unpaired) electrons. The molecule has 0 aliphatic carbocycles. The number of aromatic amines is 1. The number of nitriles is 1. The second-order valence-corrected chi connectivity index (χ2v) is 12.4. The minimum absolute atomic E-state index is 0.278. The van der Waals surface area contributed by atoms with Gasteiger partial charge in [0.1, 0.15) is 11.6 Å². The summed E-state index contributed by atoms with van der Waals surface area (Å²) in [4.78, 5) is 31.6. The van der Waals surface area contributed by atoms with Crippen LogP contribution >= 0.6 is 0 Å². The molecule has 1 aromatic heterocycles. The summed E-state index contributed by atoms with van der Waals surface area (Å²) in [5.41, 5.74) is 4.84. The van der Waals surface area contributed by atoms with Gasteiger partial charge < -0.3 is 29.8 Å². The molecule has 4 aromatic rings. The Labute approximate surface area is 269 Å². The number of amides is 1. The lowest BCUT2D eigenvalue weighted by Gasteiger charge is -2.27. The summed E-state index contributed by atoms with van der Waals surface area (Å²) in [5, 5.41) is 17.5. The van der Waals surface area contributed by atoms with Crippen molar-refractivity contribution in [1.29, 1.82) is 5.26 Å². The number of nitrogens with one attached hydrogen (secondary N) is 3. The minimum Gasteiger partial charge on any atom is -0.465 e. The number of hydrogen-bond donors (Lipinski definition) is 3. The van der Waals surface area contributed by atoms with Crippen molar-refractivity contribution in [1.82, 2.24) is 15.2 Å². The third kappa shape index (κ3) is 8.24. The van der Waals surface area contributed by atoms with Crippen molar-refractivity contribution < 1.29 is 23.8 Å². The summed E-state index contributed by atoms with van der Waals surface area (Å²) in [7, 11) is 1.32. The zero-order valence-corrected chi connectivity index (χ0v) is 26.8. The first kappa shape index (κ1) is 32.5. The van der Waals surface area contributed by atoms with Gasteiger partial charge in [0.2, 0.25) is 0 Å². The van der Waals surface area contributed by atoms with E-state index in [4.69, 9.17) is 14.2 Å². The van der Waals surface area contributed by atoms with Gasteiger partial charge in [-0.05, 0) is 67.6 Å². The van der Waals surface area contributed by atoms with Crippen molar-refractivity contribution in [3.8, 4) is 17.2 Å². The summed E-state index contributed by atoms with van der Waals surface area (Å²) in [5.74, 6) is -0.543. The van der Waals surface area contributed by atoms with Crippen LogP contribution in [0.1, 0.15) is 42.3 Å². The van der Waals surface area contributed by atoms with Gasteiger partial charge in [-0.15, -0.1) is 0 Å². The summed E-state index contributed by atoms with van der Waals surface area (Å²) >= 11 is 0. The van der Waals surface area contributed by atoms with E-state index in [1.807, 2.05) is 48.7 Å². The lowest BCUT2D eigenvalue weighted by Crippen LogP contribution is -2.49. The molecule has 1 fully saturated rings. The van der Waals surface area contributed by atoms with E-state index < -0.39 is 29.7 Å². The molecular weight excluding hydrogens is 582 g/mol. The molecule has 1 unspecified atom stereocenters. The van der Waals surface area contributed by atoms with Crippen molar-refractivity contribution in [2.45, 2.75) is 51.4 Å². The molecule has 46 heavy (non-hydrogen) atoms. The van der Waals surface area contributed by atoms with E-state index >= 15 is 0 Å². The molecule has 10 heteroatoms. The van der Waals surface area contributed by atoms with Gasteiger partial charge >= 0.3 is 12.1 Å². The number of carbonyl (C=O) groups excluding carboxylic acids is 2. The number of fused-ring (bicyclic) bond motifs is 1. The number of esters is 1. The lowest BCUT2D eigenvalue weighted by atomic mass is 9.97. The molecule has 240 valence electrons. The van der Waals surface area contributed by atoms with Crippen LogP contribution in [-0.4, -0.2) is 73.0 Å². The smallest absolute Gasteiger partial charge is 0.407 e. The number of nitrogens with zero attached hydrogens (tertiary/aromatic N) is 2. The normalized spacial score (nSPS) is 15.0. The number of ether oxygens (including phenoxy) is 3. The molecular formula is C36H41N5O5. The number of para-hydroxylation sites is 1. The topological polar surface area (TPSA) is 129 Å². The lowest BCUT2D eigenvalue weighted by molar-refractivity contribution is 0.0342. The minimum atomic E-state index is -0.921. The Kier molecular flexibility index (Phi) is 10.3. The van der Waals surface area contributed by atoms with Crippen LogP contribution in [0.25, 0.3) is 22.0 Å². The zero-order chi connectivity index (χ0) is 32.7. The van der Waals surface area contributed by atoms with E-state index in [-0.39, 0.29) is 5.56 Å². The van der Waals surface area contributed by atoms with E-state index in [1.54, 1.807) is 32.9 Å². The largest absolute Gasteiger partial charge is 0.465 e. The molecule has 3 N–H and O–H groups in total. The predicted molar refractivity (Wildman–Crippen MR) is 177 cm³/mol. The van der Waals surface area contributed by atoms with Crippen molar-refractivity contribution in [3.63, 3.8) is 0 Å². The van der Waals surface area contributed by atoms with Crippen LogP contribution in [0.15, 0.2) is 72.9 Å². The number of morpholine rings is 1. The fourth-order valence-corrected chi connectivity index (χ4v) is 5.59. The Morgan fingerprint density at radius 1 is 1.04 bits per heavy atom. The van der Waals surface area contributed by atoms with E-state index in [1.165, 1.54) is 12.7 Å². The van der Waals surface area contributed by atoms with Crippen LogP contribution in [-0.2, 0) is 27.2 Å². The van der Waals surface area contributed by atoms with Gasteiger partial charge in [0.25, 0.3) is 0 Å². The number of hydrogen-bond acceptors (Lipinski definition) is 8. The molecule has 10 nitrogen and oxygen atoms in total. The van der Waals surface area contributed by atoms with Crippen molar-refractivity contribution in [2.24, 2.45) is 0 Å². The van der Waals surface area contributed by atoms with Crippen LogP contribution in [0.2, 0.25) is 0 Å². The molecule has 1 saturated heterocycles. The molecule has 1 aliphatic heterocycles. The molecule has 1 aliphatic rings. The Morgan fingerprint density at radius 3 is 2.46 bits per heavy atom. The first-order chi connectivity index (χ1) is 22.1. The van der Waals surface area contributed by atoms with Gasteiger partial charge in [0.15, 0.2) is 0 Å². The predicted octanol–water partition coefficient (Wildman–Crippen LogP) is 5.89. The van der Waals surface area contributed by atoms with Gasteiger partial charge in [0.05, 0.1) is 38.0 Å². The number of rotatable bonds is 10.